The topological polar surface area (TPSA) is 32.3 Å². The Kier molecular flexibility index (Phi) is 5.44. The summed E-state index contributed by atoms with van der Waals surface area (Å²) in [6, 6.07) is 0. The molecule has 1 rings (SSSR count). The van der Waals surface area contributed by atoms with Crippen molar-refractivity contribution in [2.24, 2.45) is 5.92 Å². The molecular formula is C14H28N2O. The van der Waals surface area contributed by atoms with Crippen LogP contribution in [0, 0.1) is 5.92 Å². The molecule has 1 aliphatic rings. The Hall–Kier alpha value is -0.570. The molecule has 1 aliphatic carbocycles. The average Bonchev–Trinajstić information content (AvgIpc) is 2.26. The molecule has 0 heterocycles. The zero-order valence-electron chi connectivity index (χ0n) is 11.9. The van der Waals surface area contributed by atoms with Crippen LogP contribution in [0.4, 0.5) is 0 Å². The maximum absolute atomic E-state index is 11.7. The quantitative estimate of drug-likeness (QED) is 0.800. The minimum Gasteiger partial charge on any atom is -0.354 e. The van der Waals surface area contributed by atoms with E-state index < -0.39 is 0 Å². The highest BCUT2D eigenvalue weighted by Crippen LogP contribution is 2.31. The Morgan fingerprint density at radius 2 is 1.82 bits per heavy atom. The number of hydrogen-bond acceptors (Lipinski definition) is 2. The number of rotatable bonds is 5. The number of likely N-dealkylation sites (N-methyl/N-ethyl adjacent to an activating group) is 1. The van der Waals surface area contributed by atoms with Crippen molar-refractivity contribution in [3.63, 3.8) is 0 Å². The van der Waals surface area contributed by atoms with Gasteiger partial charge in [0.15, 0.2) is 0 Å². The van der Waals surface area contributed by atoms with Crippen molar-refractivity contribution in [2.75, 3.05) is 20.6 Å². The summed E-state index contributed by atoms with van der Waals surface area (Å²) < 4.78 is 0. The number of nitrogens with one attached hydrogen (secondary N) is 1. The van der Waals surface area contributed by atoms with Crippen LogP contribution in [0.25, 0.3) is 0 Å². The summed E-state index contributed by atoms with van der Waals surface area (Å²) >= 11 is 0. The van der Waals surface area contributed by atoms with E-state index in [1.165, 1.54) is 32.1 Å². The Morgan fingerprint density at radius 1 is 1.24 bits per heavy atom. The normalized spacial score (nSPS) is 19.6. The molecule has 0 bridgehead atoms. The highest BCUT2D eigenvalue weighted by atomic mass is 16.1. The largest absolute Gasteiger partial charge is 0.354 e. The molecule has 1 N–H and O–H groups in total. The standard InChI is InChI=1S/C14H28N2O/c1-12(2)10-13(17)15-11-14(16(3)4)8-6-5-7-9-14/h12H,5-11H2,1-4H3,(H,15,17). The summed E-state index contributed by atoms with van der Waals surface area (Å²) in [5.41, 5.74) is 0.199. The summed E-state index contributed by atoms with van der Waals surface area (Å²) in [5.74, 6) is 0.642. The van der Waals surface area contributed by atoms with Gasteiger partial charge < -0.3 is 10.2 Å². The first-order chi connectivity index (χ1) is 7.96. The SMILES string of the molecule is CC(C)CC(=O)NCC1(N(C)C)CCCCC1. The van der Waals surface area contributed by atoms with E-state index in [2.05, 4.69) is 38.2 Å². The first-order valence-electron chi connectivity index (χ1n) is 6.90. The van der Waals surface area contributed by atoms with Crippen LogP contribution < -0.4 is 5.32 Å². The third-order valence-electron chi connectivity index (χ3n) is 3.94. The highest BCUT2D eigenvalue weighted by molar-refractivity contribution is 5.76. The van der Waals surface area contributed by atoms with Gasteiger partial charge >= 0.3 is 0 Å². The summed E-state index contributed by atoms with van der Waals surface area (Å²) in [6.07, 6.45) is 6.99. The van der Waals surface area contributed by atoms with Gasteiger partial charge in [0.05, 0.1) is 0 Å². The first-order valence-corrected chi connectivity index (χ1v) is 6.90. The van der Waals surface area contributed by atoms with Crippen molar-refractivity contribution in [1.29, 1.82) is 0 Å². The number of nitrogens with zero attached hydrogens (tertiary/aromatic N) is 1. The smallest absolute Gasteiger partial charge is 0.220 e. The molecule has 0 aromatic carbocycles. The van der Waals surface area contributed by atoms with Crippen LogP contribution in [0.1, 0.15) is 52.4 Å². The molecule has 100 valence electrons. The Labute approximate surface area is 106 Å². The van der Waals surface area contributed by atoms with Crippen molar-refractivity contribution in [3.05, 3.63) is 0 Å². The summed E-state index contributed by atoms with van der Waals surface area (Å²) in [7, 11) is 4.28. The maximum atomic E-state index is 11.7. The fourth-order valence-corrected chi connectivity index (χ4v) is 2.70. The minimum atomic E-state index is 0.199. The van der Waals surface area contributed by atoms with Crippen LogP contribution in [0.15, 0.2) is 0 Å². The fraction of sp³-hybridized carbons (Fsp3) is 0.929. The molecule has 0 aliphatic heterocycles. The molecule has 0 aromatic heterocycles. The summed E-state index contributed by atoms with van der Waals surface area (Å²) in [5, 5.41) is 3.13. The lowest BCUT2D eigenvalue weighted by Gasteiger charge is -2.43. The van der Waals surface area contributed by atoms with E-state index in [1.54, 1.807) is 0 Å². The molecular weight excluding hydrogens is 212 g/mol. The lowest BCUT2D eigenvalue weighted by Crippen LogP contribution is -2.53. The molecule has 0 saturated heterocycles. The highest BCUT2D eigenvalue weighted by Gasteiger charge is 2.34. The molecule has 0 unspecified atom stereocenters. The Balaban J connectivity index is 2.47. The molecule has 0 radical (unpaired) electrons. The van der Waals surface area contributed by atoms with Crippen molar-refractivity contribution < 1.29 is 4.79 Å². The van der Waals surface area contributed by atoms with E-state index in [9.17, 15) is 4.79 Å². The van der Waals surface area contributed by atoms with Gasteiger partial charge in [-0.1, -0.05) is 33.1 Å². The molecule has 1 fully saturated rings. The van der Waals surface area contributed by atoms with Gasteiger partial charge in [-0.25, -0.2) is 0 Å². The van der Waals surface area contributed by atoms with Gasteiger partial charge in [-0.15, -0.1) is 0 Å². The molecule has 0 aromatic rings. The van der Waals surface area contributed by atoms with E-state index in [0.717, 1.165) is 6.54 Å². The third-order valence-corrected chi connectivity index (χ3v) is 3.94. The van der Waals surface area contributed by atoms with Gasteiger partial charge in [-0.2, -0.15) is 0 Å². The van der Waals surface area contributed by atoms with Crippen LogP contribution >= 0.6 is 0 Å². The number of carbonyl (C=O) groups excluding carboxylic acids is 1. The minimum absolute atomic E-state index is 0.199. The molecule has 1 saturated carbocycles. The van der Waals surface area contributed by atoms with E-state index in [4.69, 9.17) is 0 Å². The first kappa shape index (κ1) is 14.5. The van der Waals surface area contributed by atoms with E-state index >= 15 is 0 Å². The molecule has 3 heteroatoms. The molecule has 3 nitrogen and oxygen atoms in total. The zero-order chi connectivity index (χ0) is 12.9. The van der Waals surface area contributed by atoms with E-state index in [0.29, 0.717) is 12.3 Å². The van der Waals surface area contributed by atoms with Crippen LogP contribution in [-0.4, -0.2) is 37.0 Å². The fourth-order valence-electron chi connectivity index (χ4n) is 2.70. The van der Waals surface area contributed by atoms with Crippen molar-refractivity contribution >= 4 is 5.91 Å². The lowest BCUT2D eigenvalue weighted by atomic mass is 9.80. The average molecular weight is 240 g/mol. The van der Waals surface area contributed by atoms with Crippen LogP contribution in [-0.2, 0) is 4.79 Å². The summed E-state index contributed by atoms with van der Waals surface area (Å²) in [4.78, 5) is 14.0. The van der Waals surface area contributed by atoms with Crippen LogP contribution in [0.2, 0.25) is 0 Å². The zero-order valence-corrected chi connectivity index (χ0v) is 11.9. The predicted molar refractivity (Wildman–Crippen MR) is 72.0 cm³/mol. The van der Waals surface area contributed by atoms with Gasteiger partial charge in [-0.05, 0) is 32.9 Å². The number of carbonyl (C=O) groups is 1. The van der Waals surface area contributed by atoms with Crippen molar-refractivity contribution in [3.8, 4) is 0 Å². The number of hydrogen-bond donors (Lipinski definition) is 1. The van der Waals surface area contributed by atoms with Gasteiger partial charge in [0, 0.05) is 18.5 Å². The second-order valence-electron chi connectivity index (χ2n) is 6.05. The van der Waals surface area contributed by atoms with Gasteiger partial charge in [-0.3, -0.25) is 4.79 Å². The van der Waals surface area contributed by atoms with E-state index in [-0.39, 0.29) is 11.4 Å². The second-order valence-corrected chi connectivity index (χ2v) is 6.05. The monoisotopic (exact) mass is 240 g/mol. The van der Waals surface area contributed by atoms with E-state index in [1.807, 2.05) is 0 Å². The molecule has 0 spiro atoms. The van der Waals surface area contributed by atoms with Gasteiger partial charge in [0.1, 0.15) is 0 Å². The van der Waals surface area contributed by atoms with Gasteiger partial charge in [0.2, 0.25) is 5.91 Å². The summed E-state index contributed by atoms with van der Waals surface area (Å²) in [6.45, 7) is 4.98. The maximum Gasteiger partial charge on any atom is 0.220 e. The Morgan fingerprint density at radius 3 is 2.29 bits per heavy atom. The van der Waals surface area contributed by atoms with Crippen molar-refractivity contribution in [1.82, 2.24) is 10.2 Å². The predicted octanol–water partition coefficient (Wildman–Crippen LogP) is 2.41. The van der Waals surface area contributed by atoms with Crippen LogP contribution in [0.5, 0.6) is 0 Å². The molecule has 0 atom stereocenters. The lowest BCUT2D eigenvalue weighted by molar-refractivity contribution is -0.122. The van der Waals surface area contributed by atoms with Gasteiger partial charge in [0.25, 0.3) is 0 Å². The number of amides is 1. The van der Waals surface area contributed by atoms with Crippen LogP contribution in [0.3, 0.4) is 0 Å². The van der Waals surface area contributed by atoms with Crippen molar-refractivity contribution in [2.45, 2.75) is 57.9 Å². The second kappa shape index (κ2) is 6.39. The molecule has 17 heavy (non-hydrogen) atoms. The third kappa shape index (κ3) is 4.30. The molecule has 1 amide bonds. The Bertz CT molecular complexity index is 243.